The molecule has 136 valence electrons. The number of carbonyl (C=O) groups excluding carboxylic acids is 3. The number of hydrogen-bond donors (Lipinski definition) is 7. The molecule has 0 aromatic carbocycles. The van der Waals surface area contributed by atoms with E-state index in [0.717, 1.165) is 0 Å². The van der Waals surface area contributed by atoms with E-state index in [9.17, 15) is 24.0 Å². The number of aliphatic hydroxyl groups is 1. The van der Waals surface area contributed by atoms with Crippen LogP contribution >= 0.6 is 12.6 Å². The van der Waals surface area contributed by atoms with E-state index in [-0.39, 0.29) is 18.6 Å². The molecule has 11 nitrogen and oxygen atoms in total. The molecule has 12 heteroatoms. The second kappa shape index (κ2) is 11.2. The Morgan fingerprint density at radius 2 is 1.54 bits per heavy atom. The zero-order valence-electron chi connectivity index (χ0n) is 12.5. The van der Waals surface area contributed by atoms with Gasteiger partial charge in [-0.25, -0.2) is 4.79 Å². The Hall–Kier alpha value is -2.34. The fourth-order valence-electron chi connectivity index (χ4n) is 1.52. The van der Waals surface area contributed by atoms with Crippen molar-refractivity contribution in [3.8, 4) is 0 Å². The molecule has 0 aliphatic heterocycles. The smallest absolute Gasteiger partial charge is 0.326 e. The quantitative estimate of drug-likeness (QED) is 0.188. The van der Waals surface area contributed by atoms with Gasteiger partial charge in [0.1, 0.15) is 25.2 Å². The number of hydrogen-bond acceptors (Lipinski definition) is 7. The summed E-state index contributed by atoms with van der Waals surface area (Å²) in [5.41, 5.74) is 0. The number of aliphatic hydroxyl groups excluding tert-OH is 1. The minimum absolute atomic E-state index is 0.0964. The average Bonchev–Trinajstić information content (AvgIpc) is 2.53. The SMILES string of the molecule is O=C(O)CNC(=O)C(CS)NC(=O)CCC(NC(=O)CO)C(=O)O. The molecule has 0 radical (unpaired) electrons. The molecule has 0 aliphatic carbocycles. The first-order valence-electron chi connectivity index (χ1n) is 6.74. The molecule has 0 fully saturated rings. The lowest BCUT2D eigenvalue weighted by Crippen LogP contribution is -2.49. The number of carbonyl (C=O) groups is 5. The predicted octanol–water partition coefficient (Wildman–Crippen LogP) is -3.06. The van der Waals surface area contributed by atoms with Crippen LogP contribution in [0.4, 0.5) is 0 Å². The minimum Gasteiger partial charge on any atom is -0.480 e. The van der Waals surface area contributed by atoms with E-state index in [2.05, 4.69) is 23.3 Å². The van der Waals surface area contributed by atoms with E-state index in [1.165, 1.54) is 0 Å². The van der Waals surface area contributed by atoms with Crippen LogP contribution in [0.5, 0.6) is 0 Å². The highest BCUT2D eigenvalue weighted by Gasteiger charge is 2.23. The van der Waals surface area contributed by atoms with Gasteiger partial charge in [0.2, 0.25) is 17.7 Å². The first-order chi connectivity index (χ1) is 11.2. The van der Waals surface area contributed by atoms with E-state index < -0.39 is 54.9 Å². The van der Waals surface area contributed by atoms with Crippen LogP contribution in [0.3, 0.4) is 0 Å². The molecule has 0 bridgehead atoms. The summed E-state index contributed by atoms with van der Waals surface area (Å²) in [7, 11) is 0. The lowest BCUT2D eigenvalue weighted by atomic mass is 10.1. The van der Waals surface area contributed by atoms with Gasteiger partial charge in [-0.05, 0) is 6.42 Å². The number of carboxylic acids is 2. The van der Waals surface area contributed by atoms with Crippen molar-refractivity contribution in [1.29, 1.82) is 0 Å². The van der Waals surface area contributed by atoms with E-state index in [0.29, 0.717) is 0 Å². The van der Waals surface area contributed by atoms with Crippen molar-refractivity contribution < 1.29 is 39.3 Å². The van der Waals surface area contributed by atoms with Gasteiger partial charge < -0.3 is 31.3 Å². The van der Waals surface area contributed by atoms with Crippen LogP contribution in [-0.4, -0.2) is 76.0 Å². The highest BCUT2D eigenvalue weighted by Crippen LogP contribution is 2.00. The summed E-state index contributed by atoms with van der Waals surface area (Å²) in [6.45, 7) is -1.51. The van der Waals surface area contributed by atoms with Gasteiger partial charge in [-0.2, -0.15) is 12.6 Å². The monoisotopic (exact) mass is 365 g/mol. The Bertz CT molecular complexity index is 499. The number of nitrogens with one attached hydrogen (secondary N) is 3. The fraction of sp³-hybridized carbons (Fsp3) is 0.583. The molecular weight excluding hydrogens is 346 g/mol. The van der Waals surface area contributed by atoms with Crippen LogP contribution in [0.15, 0.2) is 0 Å². The number of thiol groups is 1. The molecule has 0 heterocycles. The van der Waals surface area contributed by atoms with Crippen molar-refractivity contribution in [1.82, 2.24) is 16.0 Å². The Labute approximate surface area is 142 Å². The van der Waals surface area contributed by atoms with Crippen molar-refractivity contribution >= 4 is 42.3 Å². The van der Waals surface area contributed by atoms with Crippen LogP contribution in [0.2, 0.25) is 0 Å². The zero-order valence-corrected chi connectivity index (χ0v) is 13.4. The van der Waals surface area contributed by atoms with Crippen LogP contribution < -0.4 is 16.0 Å². The molecule has 0 aromatic heterocycles. The van der Waals surface area contributed by atoms with Gasteiger partial charge in [0.05, 0.1) is 0 Å². The molecule has 0 aliphatic rings. The highest BCUT2D eigenvalue weighted by atomic mass is 32.1. The maximum Gasteiger partial charge on any atom is 0.326 e. The second-order valence-electron chi connectivity index (χ2n) is 4.57. The zero-order chi connectivity index (χ0) is 18.7. The molecular formula is C12H19N3O8S. The van der Waals surface area contributed by atoms with Crippen molar-refractivity contribution in [2.24, 2.45) is 0 Å². The van der Waals surface area contributed by atoms with Gasteiger partial charge in [-0.3, -0.25) is 19.2 Å². The molecule has 0 saturated carbocycles. The molecule has 0 spiro atoms. The molecule has 0 rings (SSSR count). The van der Waals surface area contributed by atoms with Crippen LogP contribution in [0, 0.1) is 0 Å². The summed E-state index contributed by atoms with van der Waals surface area (Å²) in [5, 5.41) is 32.3. The molecule has 0 saturated heterocycles. The molecule has 24 heavy (non-hydrogen) atoms. The summed E-state index contributed by atoms with van der Waals surface area (Å²) < 4.78 is 0. The Morgan fingerprint density at radius 3 is 2.00 bits per heavy atom. The van der Waals surface area contributed by atoms with Crippen molar-refractivity contribution in [2.45, 2.75) is 24.9 Å². The summed E-state index contributed by atoms with van der Waals surface area (Å²) in [6, 6.07) is -2.46. The molecule has 2 atom stereocenters. The number of rotatable bonds is 11. The van der Waals surface area contributed by atoms with Gasteiger partial charge in [-0.15, -0.1) is 0 Å². The largest absolute Gasteiger partial charge is 0.480 e. The van der Waals surface area contributed by atoms with Gasteiger partial charge in [-0.1, -0.05) is 0 Å². The normalized spacial score (nSPS) is 12.6. The van der Waals surface area contributed by atoms with Crippen molar-refractivity contribution in [3.63, 3.8) is 0 Å². The fourth-order valence-corrected chi connectivity index (χ4v) is 1.78. The lowest BCUT2D eigenvalue weighted by Gasteiger charge is -2.17. The molecule has 2 unspecified atom stereocenters. The van der Waals surface area contributed by atoms with Crippen LogP contribution in [0.1, 0.15) is 12.8 Å². The summed E-state index contributed by atoms with van der Waals surface area (Å²) in [4.78, 5) is 55.6. The second-order valence-corrected chi connectivity index (χ2v) is 4.93. The minimum atomic E-state index is -1.38. The van der Waals surface area contributed by atoms with Gasteiger partial charge in [0.25, 0.3) is 0 Å². The highest BCUT2D eigenvalue weighted by molar-refractivity contribution is 7.80. The Morgan fingerprint density at radius 1 is 0.958 bits per heavy atom. The van der Waals surface area contributed by atoms with Crippen LogP contribution in [0.25, 0.3) is 0 Å². The number of aliphatic carboxylic acids is 2. The van der Waals surface area contributed by atoms with Crippen molar-refractivity contribution in [2.75, 3.05) is 18.9 Å². The predicted molar refractivity (Wildman–Crippen MR) is 82.3 cm³/mol. The van der Waals surface area contributed by atoms with E-state index in [1.54, 1.807) is 0 Å². The van der Waals surface area contributed by atoms with Gasteiger partial charge >= 0.3 is 11.9 Å². The summed E-state index contributed by atoms with van der Waals surface area (Å²) in [6.07, 6.45) is -0.581. The van der Waals surface area contributed by atoms with E-state index in [1.807, 2.05) is 5.32 Å². The van der Waals surface area contributed by atoms with Gasteiger partial charge in [0, 0.05) is 12.2 Å². The summed E-state index contributed by atoms with van der Waals surface area (Å²) >= 11 is 3.87. The maximum atomic E-state index is 11.7. The molecule has 0 aromatic rings. The number of amides is 3. The average molecular weight is 365 g/mol. The maximum absolute atomic E-state index is 11.7. The van der Waals surface area contributed by atoms with Gasteiger partial charge in [0.15, 0.2) is 0 Å². The third-order valence-electron chi connectivity index (χ3n) is 2.69. The third-order valence-corrected chi connectivity index (χ3v) is 3.05. The first-order valence-corrected chi connectivity index (χ1v) is 7.37. The van der Waals surface area contributed by atoms with E-state index >= 15 is 0 Å². The van der Waals surface area contributed by atoms with E-state index in [4.69, 9.17) is 15.3 Å². The van der Waals surface area contributed by atoms with Crippen molar-refractivity contribution in [3.05, 3.63) is 0 Å². The Balaban J connectivity index is 4.47. The summed E-state index contributed by atoms with van der Waals surface area (Å²) in [5.74, 6) is -5.05. The topological polar surface area (TPSA) is 182 Å². The van der Waals surface area contributed by atoms with Crippen LogP contribution in [-0.2, 0) is 24.0 Å². The Kier molecular flexibility index (Phi) is 10.1. The standard InChI is InChI=1S/C12H19N3O8S/c16-4-9(18)14-6(12(22)23)1-2-8(17)15-7(5-24)11(21)13-3-10(19)20/h6-7,16,24H,1-5H2,(H,13,21)(H,14,18)(H,15,17)(H,19,20)(H,22,23). The molecule has 6 N–H and O–H groups in total. The number of carboxylic acid groups (broad SMARTS) is 2. The molecule has 3 amide bonds. The lowest BCUT2D eigenvalue weighted by molar-refractivity contribution is -0.142. The first kappa shape index (κ1) is 21.7. The third kappa shape index (κ3) is 8.95.